The molecular formula is C16H21FO. The van der Waals surface area contributed by atoms with E-state index < -0.39 is 0 Å². The second kappa shape index (κ2) is 5.21. The summed E-state index contributed by atoms with van der Waals surface area (Å²) < 4.78 is 14.0. The van der Waals surface area contributed by atoms with Gasteiger partial charge in [0.05, 0.1) is 5.56 Å². The third-order valence-corrected chi connectivity index (χ3v) is 4.17. The Morgan fingerprint density at radius 3 is 2.61 bits per heavy atom. The molecule has 1 fully saturated rings. The summed E-state index contributed by atoms with van der Waals surface area (Å²) in [4.78, 5) is 12.4. The highest BCUT2D eigenvalue weighted by atomic mass is 19.1. The molecular weight excluding hydrogens is 227 g/mol. The lowest BCUT2D eigenvalue weighted by atomic mass is 9.91. The van der Waals surface area contributed by atoms with Gasteiger partial charge in [-0.1, -0.05) is 19.4 Å². The molecule has 0 heterocycles. The van der Waals surface area contributed by atoms with Crippen LogP contribution in [-0.4, -0.2) is 5.78 Å². The lowest BCUT2D eigenvalue weighted by Gasteiger charge is -2.13. The summed E-state index contributed by atoms with van der Waals surface area (Å²) in [5.74, 6) is 0.344. The van der Waals surface area contributed by atoms with E-state index in [1.54, 1.807) is 0 Å². The van der Waals surface area contributed by atoms with Crippen molar-refractivity contribution in [1.29, 1.82) is 0 Å². The minimum atomic E-state index is -0.350. The molecule has 1 saturated carbocycles. The summed E-state index contributed by atoms with van der Waals surface area (Å²) in [6.07, 6.45) is 4.09. The summed E-state index contributed by atoms with van der Waals surface area (Å²) >= 11 is 0. The summed E-state index contributed by atoms with van der Waals surface area (Å²) in [5.41, 5.74) is 1.97. The highest BCUT2D eigenvalue weighted by Crippen LogP contribution is 2.35. The molecule has 1 aliphatic rings. The van der Waals surface area contributed by atoms with E-state index in [0.29, 0.717) is 11.5 Å². The first kappa shape index (κ1) is 13.3. The quantitative estimate of drug-likeness (QED) is 0.722. The molecule has 1 aliphatic carbocycles. The van der Waals surface area contributed by atoms with E-state index in [0.717, 1.165) is 36.8 Å². The topological polar surface area (TPSA) is 17.1 Å². The normalized spacial score (nSPS) is 23.3. The van der Waals surface area contributed by atoms with E-state index in [-0.39, 0.29) is 17.5 Å². The van der Waals surface area contributed by atoms with Gasteiger partial charge in [0.2, 0.25) is 0 Å². The van der Waals surface area contributed by atoms with Crippen molar-refractivity contribution >= 4 is 5.78 Å². The Morgan fingerprint density at radius 1 is 1.33 bits per heavy atom. The standard InChI is InChI=1S/C16H21FO/c1-4-12-5-6-13(9-12)16(18)15-11(3)7-10(2)8-14(15)17/h7-8,12-13H,4-6,9H2,1-3H3. The number of hydrogen-bond acceptors (Lipinski definition) is 1. The van der Waals surface area contributed by atoms with Crippen LogP contribution in [0.15, 0.2) is 12.1 Å². The maximum Gasteiger partial charge on any atom is 0.169 e. The lowest BCUT2D eigenvalue weighted by Crippen LogP contribution is -2.15. The molecule has 0 aromatic heterocycles. The number of halogens is 1. The maximum absolute atomic E-state index is 14.0. The van der Waals surface area contributed by atoms with Crippen LogP contribution in [0.25, 0.3) is 0 Å². The minimum Gasteiger partial charge on any atom is -0.294 e. The Morgan fingerprint density at radius 2 is 2.06 bits per heavy atom. The van der Waals surface area contributed by atoms with Crippen LogP contribution in [0.3, 0.4) is 0 Å². The molecule has 0 spiro atoms. The van der Waals surface area contributed by atoms with Gasteiger partial charge in [-0.3, -0.25) is 4.79 Å². The predicted molar refractivity (Wildman–Crippen MR) is 71.3 cm³/mol. The summed E-state index contributed by atoms with van der Waals surface area (Å²) in [5, 5.41) is 0. The van der Waals surface area contributed by atoms with Gasteiger partial charge in [0.25, 0.3) is 0 Å². The van der Waals surface area contributed by atoms with Crippen LogP contribution in [0.5, 0.6) is 0 Å². The van der Waals surface area contributed by atoms with Crippen molar-refractivity contribution in [3.8, 4) is 0 Å². The number of hydrogen-bond donors (Lipinski definition) is 0. The van der Waals surface area contributed by atoms with E-state index in [2.05, 4.69) is 6.92 Å². The van der Waals surface area contributed by atoms with Crippen LogP contribution in [0.2, 0.25) is 0 Å². The van der Waals surface area contributed by atoms with Crippen molar-refractivity contribution in [2.75, 3.05) is 0 Å². The summed E-state index contributed by atoms with van der Waals surface area (Å²) in [7, 11) is 0. The zero-order valence-electron chi connectivity index (χ0n) is 11.4. The van der Waals surface area contributed by atoms with E-state index in [9.17, 15) is 9.18 Å². The minimum absolute atomic E-state index is 0.0148. The van der Waals surface area contributed by atoms with E-state index >= 15 is 0 Å². The van der Waals surface area contributed by atoms with Gasteiger partial charge in [-0.25, -0.2) is 4.39 Å². The smallest absolute Gasteiger partial charge is 0.169 e. The van der Waals surface area contributed by atoms with E-state index in [1.165, 1.54) is 6.07 Å². The number of rotatable bonds is 3. The van der Waals surface area contributed by atoms with Crippen molar-refractivity contribution in [3.05, 3.63) is 34.6 Å². The van der Waals surface area contributed by atoms with Gasteiger partial charge in [-0.05, 0) is 56.2 Å². The zero-order valence-corrected chi connectivity index (χ0v) is 11.4. The SMILES string of the molecule is CCC1CCC(C(=O)c2c(C)cc(C)cc2F)C1. The molecule has 2 unspecified atom stereocenters. The average molecular weight is 248 g/mol. The third kappa shape index (κ3) is 2.47. The number of benzene rings is 1. The van der Waals surface area contributed by atoms with E-state index in [1.807, 2.05) is 19.9 Å². The molecule has 0 radical (unpaired) electrons. The number of Topliss-reactive ketones (excluding diaryl/α,β-unsaturated/α-hetero) is 1. The highest BCUT2D eigenvalue weighted by Gasteiger charge is 2.31. The van der Waals surface area contributed by atoms with Crippen molar-refractivity contribution in [1.82, 2.24) is 0 Å². The van der Waals surface area contributed by atoms with Crippen LogP contribution in [0, 0.1) is 31.5 Å². The van der Waals surface area contributed by atoms with Crippen molar-refractivity contribution < 1.29 is 9.18 Å². The van der Waals surface area contributed by atoms with Crippen molar-refractivity contribution in [2.45, 2.75) is 46.5 Å². The Labute approximate surface area is 108 Å². The molecule has 1 nitrogen and oxygen atoms in total. The number of ketones is 1. The second-order valence-corrected chi connectivity index (χ2v) is 5.59. The van der Waals surface area contributed by atoms with Gasteiger partial charge in [0.15, 0.2) is 5.78 Å². The molecule has 0 saturated heterocycles. The van der Waals surface area contributed by atoms with Crippen LogP contribution >= 0.6 is 0 Å². The van der Waals surface area contributed by atoms with Crippen LogP contribution in [0.1, 0.15) is 54.1 Å². The van der Waals surface area contributed by atoms with Gasteiger partial charge in [0.1, 0.15) is 5.82 Å². The fourth-order valence-corrected chi connectivity index (χ4v) is 3.12. The molecule has 0 bridgehead atoms. The third-order valence-electron chi connectivity index (χ3n) is 4.17. The Kier molecular flexibility index (Phi) is 3.84. The van der Waals surface area contributed by atoms with Crippen LogP contribution in [-0.2, 0) is 0 Å². The number of aryl methyl sites for hydroxylation is 2. The average Bonchev–Trinajstić information content (AvgIpc) is 2.75. The Hall–Kier alpha value is -1.18. The van der Waals surface area contributed by atoms with Crippen molar-refractivity contribution in [3.63, 3.8) is 0 Å². The summed E-state index contributed by atoms with van der Waals surface area (Å²) in [6.45, 7) is 5.85. The lowest BCUT2D eigenvalue weighted by molar-refractivity contribution is 0.0915. The first-order chi connectivity index (χ1) is 8.52. The molecule has 0 amide bonds. The fourth-order valence-electron chi connectivity index (χ4n) is 3.12. The maximum atomic E-state index is 14.0. The van der Waals surface area contributed by atoms with Gasteiger partial charge < -0.3 is 0 Å². The monoisotopic (exact) mass is 248 g/mol. The molecule has 1 aromatic rings. The number of carbonyl (C=O) groups excluding carboxylic acids is 1. The molecule has 18 heavy (non-hydrogen) atoms. The molecule has 2 atom stereocenters. The van der Waals surface area contributed by atoms with E-state index in [4.69, 9.17) is 0 Å². The van der Waals surface area contributed by atoms with Gasteiger partial charge in [-0.2, -0.15) is 0 Å². The number of carbonyl (C=O) groups is 1. The first-order valence-corrected chi connectivity index (χ1v) is 6.83. The molecule has 0 aliphatic heterocycles. The van der Waals surface area contributed by atoms with Crippen LogP contribution in [0.4, 0.5) is 4.39 Å². The molecule has 2 rings (SSSR count). The highest BCUT2D eigenvalue weighted by molar-refractivity contribution is 5.99. The first-order valence-electron chi connectivity index (χ1n) is 6.83. The largest absolute Gasteiger partial charge is 0.294 e. The molecule has 1 aromatic carbocycles. The predicted octanol–water partition coefficient (Wildman–Crippen LogP) is 4.45. The van der Waals surface area contributed by atoms with Gasteiger partial charge in [-0.15, -0.1) is 0 Å². The summed E-state index contributed by atoms with van der Waals surface area (Å²) in [6, 6.07) is 3.36. The second-order valence-electron chi connectivity index (χ2n) is 5.59. The molecule has 2 heteroatoms. The van der Waals surface area contributed by atoms with Gasteiger partial charge in [0, 0.05) is 5.92 Å². The molecule has 0 N–H and O–H groups in total. The Bertz CT molecular complexity index is 441. The zero-order chi connectivity index (χ0) is 13.3. The Balaban J connectivity index is 2.25. The van der Waals surface area contributed by atoms with Gasteiger partial charge >= 0.3 is 0 Å². The van der Waals surface area contributed by atoms with Crippen LogP contribution < -0.4 is 0 Å². The molecule has 98 valence electrons. The fraction of sp³-hybridized carbons (Fsp3) is 0.562. The van der Waals surface area contributed by atoms with Crippen molar-refractivity contribution in [2.24, 2.45) is 11.8 Å².